The largest absolute Gasteiger partial charge is 0.377 e. The summed E-state index contributed by atoms with van der Waals surface area (Å²) in [7, 11) is 0. The minimum Gasteiger partial charge on any atom is -0.377 e. The molecule has 0 spiro atoms. The minimum absolute atomic E-state index is 0.186. The molecule has 0 bridgehead atoms. The first-order valence-electron chi connectivity index (χ1n) is 10.8. The summed E-state index contributed by atoms with van der Waals surface area (Å²) in [5.74, 6) is 1.51. The van der Waals surface area contributed by atoms with Gasteiger partial charge < -0.3 is 15.4 Å². The summed E-state index contributed by atoms with van der Waals surface area (Å²) in [4.78, 5) is 7.52. The van der Waals surface area contributed by atoms with E-state index >= 15 is 0 Å². The van der Waals surface area contributed by atoms with Crippen LogP contribution in [0.5, 0.6) is 0 Å². The monoisotopic (exact) mass is 366 g/mol. The molecular weight excluding hydrogens is 324 g/mol. The molecule has 2 heterocycles. The van der Waals surface area contributed by atoms with Gasteiger partial charge in [-0.15, -0.1) is 0 Å². The van der Waals surface area contributed by atoms with E-state index < -0.39 is 0 Å². The van der Waals surface area contributed by atoms with Crippen LogP contribution < -0.4 is 10.6 Å². The number of nitrogens with one attached hydrogen (secondary N) is 2. The van der Waals surface area contributed by atoms with Gasteiger partial charge in [-0.1, -0.05) is 27.7 Å². The molecule has 2 N–H and O–H groups in total. The van der Waals surface area contributed by atoms with E-state index in [-0.39, 0.29) is 5.41 Å². The van der Waals surface area contributed by atoms with Crippen LogP contribution in [0.2, 0.25) is 0 Å². The summed E-state index contributed by atoms with van der Waals surface area (Å²) in [5, 5.41) is 7.03. The summed E-state index contributed by atoms with van der Waals surface area (Å²) in [6, 6.07) is 0.577. The topological polar surface area (TPSA) is 48.9 Å². The standard InChI is InChI=1S/C21H42N4O/c1-6-18(25-12-8-9-13-25)16-24-20(22-7-2)23-15-17-11-10-14-26-19(17)21(3,4)5/h17-19H,6-16H2,1-5H3,(H2,22,23,24). The van der Waals surface area contributed by atoms with Gasteiger partial charge in [0.05, 0.1) is 12.6 Å². The lowest BCUT2D eigenvalue weighted by molar-refractivity contribution is -0.0835. The molecule has 2 aliphatic heterocycles. The van der Waals surface area contributed by atoms with Crippen molar-refractivity contribution in [3.8, 4) is 0 Å². The van der Waals surface area contributed by atoms with Gasteiger partial charge in [0, 0.05) is 31.7 Å². The van der Waals surface area contributed by atoms with Gasteiger partial charge in [0.1, 0.15) is 0 Å². The van der Waals surface area contributed by atoms with Crippen LogP contribution in [0.3, 0.4) is 0 Å². The molecule has 2 saturated heterocycles. The van der Waals surface area contributed by atoms with Gasteiger partial charge in [0.2, 0.25) is 0 Å². The molecule has 0 aliphatic carbocycles. The molecule has 0 radical (unpaired) electrons. The summed E-state index contributed by atoms with van der Waals surface area (Å²) < 4.78 is 6.12. The van der Waals surface area contributed by atoms with Crippen molar-refractivity contribution in [3.63, 3.8) is 0 Å². The average Bonchev–Trinajstić information content (AvgIpc) is 3.14. The first-order chi connectivity index (χ1) is 12.5. The number of aliphatic imine (C=N–C) groups is 1. The molecule has 0 saturated carbocycles. The Balaban J connectivity index is 1.91. The number of nitrogens with zero attached hydrogens (tertiary/aromatic N) is 2. The third-order valence-electron chi connectivity index (χ3n) is 5.76. The maximum atomic E-state index is 6.12. The zero-order chi connectivity index (χ0) is 19.0. The van der Waals surface area contributed by atoms with Crippen LogP contribution in [-0.2, 0) is 4.74 Å². The zero-order valence-corrected chi connectivity index (χ0v) is 17.8. The lowest BCUT2D eigenvalue weighted by atomic mass is 9.78. The molecule has 0 aromatic rings. The molecule has 5 nitrogen and oxygen atoms in total. The van der Waals surface area contributed by atoms with Gasteiger partial charge in [0.25, 0.3) is 0 Å². The van der Waals surface area contributed by atoms with Gasteiger partial charge in [0.15, 0.2) is 5.96 Å². The van der Waals surface area contributed by atoms with E-state index in [1.54, 1.807) is 0 Å². The lowest BCUT2D eigenvalue weighted by Crippen LogP contribution is -2.48. The highest BCUT2D eigenvalue weighted by Gasteiger charge is 2.35. The molecule has 2 aliphatic rings. The second-order valence-corrected chi connectivity index (χ2v) is 8.97. The van der Waals surface area contributed by atoms with E-state index in [1.807, 2.05) is 0 Å². The third-order valence-corrected chi connectivity index (χ3v) is 5.76. The number of guanidine groups is 1. The molecule has 26 heavy (non-hydrogen) atoms. The van der Waals surface area contributed by atoms with Crippen LogP contribution in [0.4, 0.5) is 0 Å². The predicted molar refractivity (Wildman–Crippen MR) is 111 cm³/mol. The molecule has 2 fully saturated rings. The van der Waals surface area contributed by atoms with Gasteiger partial charge in [-0.2, -0.15) is 0 Å². The second-order valence-electron chi connectivity index (χ2n) is 8.97. The van der Waals surface area contributed by atoms with Crippen molar-refractivity contribution in [3.05, 3.63) is 0 Å². The third kappa shape index (κ3) is 6.41. The molecule has 0 amide bonds. The molecule has 152 valence electrons. The number of hydrogen-bond acceptors (Lipinski definition) is 3. The number of hydrogen-bond donors (Lipinski definition) is 2. The Bertz CT molecular complexity index is 426. The molecule has 3 atom stereocenters. The van der Waals surface area contributed by atoms with Gasteiger partial charge in [-0.3, -0.25) is 9.89 Å². The van der Waals surface area contributed by atoms with Crippen molar-refractivity contribution in [2.75, 3.05) is 39.3 Å². The van der Waals surface area contributed by atoms with Crippen molar-refractivity contribution >= 4 is 5.96 Å². The SMILES string of the molecule is CCNC(=NCC(CC)N1CCCC1)NCC1CCCOC1C(C)(C)C. The maximum absolute atomic E-state index is 6.12. The van der Waals surface area contributed by atoms with Crippen molar-refractivity contribution in [2.24, 2.45) is 16.3 Å². The first-order valence-corrected chi connectivity index (χ1v) is 10.8. The van der Waals surface area contributed by atoms with Crippen molar-refractivity contribution in [1.29, 1.82) is 0 Å². The van der Waals surface area contributed by atoms with E-state index in [0.29, 0.717) is 18.1 Å². The molecule has 3 unspecified atom stereocenters. The van der Waals surface area contributed by atoms with Gasteiger partial charge >= 0.3 is 0 Å². The fraction of sp³-hybridized carbons (Fsp3) is 0.952. The predicted octanol–water partition coefficient (Wildman–Crippen LogP) is 3.26. The van der Waals surface area contributed by atoms with Crippen LogP contribution in [0, 0.1) is 11.3 Å². The van der Waals surface area contributed by atoms with Crippen LogP contribution in [0.1, 0.15) is 66.7 Å². The minimum atomic E-state index is 0.186. The van der Waals surface area contributed by atoms with Crippen LogP contribution in [0.15, 0.2) is 4.99 Å². The van der Waals surface area contributed by atoms with E-state index in [9.17, 15) is 0 Å². The summed E-state index contributed by atoms with van der Waals surface area (Å²) in [5.41, 5.74) is 0.186. The zero-order valence-electron chi connectivity index (χ0n) is 17.8. The molecule has 5 heteroatoms. The maximum Gasteiger partial charge on any atom is 0.191 e. The Morgan fingerprint density at radius 2 is 1.88 bits per heavy atom. The molecule has 0 aromatic carbocycles. The van der Waals surface area contributed by atoms with E-state index in [0.717, 1.165) is 32.2 Å². The van der Waals surface area contributed by atoms with Gasteiger partial charge in [-0.05, 0) is 57.5 Å². The number of ether oxygens (including phenoxy) is 1. The van der Waals surface area contributed by atoms with Crippen molar-refractivity contribution in [1.82, 2.24) is 15.5 Å². The molecule has 0 aromatic heterocycles. The Labute approximate surface area is 161 Å². The molecular formula is C21H42N4O. The normalized spacial score (nSPS) is 26.7. The van der Waals surface area contributed by atoms with Crippen molar-refractivity contribution < 1.29 is 4.74 Å². The van der Waals surface area contributed by atoms with E-state index in [4.69, 9.17) is 9.73 Å². The Kier molecular flexibility index (Phi) is 8.68. The smallest absolute Gasteiger partial charge is 0.191 e. The average molecular weight is 367 g/mol. The van der Waals surface area contributed by atoms with Crippen molar-refractivity contribution in [2.45, 2.75) is 78.9 Å². The van der Waals surface area contributed by atoms with Gasteiger partial charge in [-0.25, -0.2) is 0 Å². The fourth-order valence-electron chi connectivity index (χ4n) is 4.39. The van der Waals surface area contributed by atoms with E-state index in [2.05, 4.69) is 50.2 Å². The van der Waals surface area contributed by atoms with E-state index in [1.165, 1.54) is 45.2 Å². The number of rotatable bonds is 7. The summed E-state index contributed by atoms with van der Waals surface area (Å²) in [6.45, 7) is 17.4. The second kappa shape index (κ2) is 10.5. The lowest BCUT2D eigenvalue weighted by Gasteiger charge is -2.40. The molecule has 2 rings (SSSR count). The van der Waals surface area contributed by atoms with Crippen LogP contribution >= 0.6 is 0 Å². The highest BCUT2D eigenvalue weighted by atomic mass is 16.5. The highest BCUT2D eigenvalue weighted by Crippen LogP contribution is 2.33. The summed E-state index contributed by atoms with van der Waals surface area (Å²) >= 11 is 0. The Morgan fingerprint density at radius 3 is 2.50 bits per heavy atom. The van der Waals surface area contributed by atoms with Crippen LogP contribution in [-0.4, -0.2) is 62.3 Å². The Hall–Kier alpha value is -0.810. The highest BCUT2D eigenvalue weighted by molar-refractivity contribution is 5.79. The Morgan fingerprint density at radius 1 is 1.15 bits per heavy atom. The quantitative estimate of drug-likeness (QED) is 0.536. The fourth-order valence-corrected chi connectivity index (χ4v) is 4.39. The summed E-state index contributed by atoms with van der Waals surface area (Å²) in [6.07, 6.45) is 6.58. The first kappa shape index (κ1) is 21.5. The van der Waals surface area contributed by atoms with Crippen LogP contribution in [0.25, 0.3) is 0 Å². The number of likely N-dealkylation sites (tertiary alicyclic amines) is 1.